The summed E-state index contributed by atoms with van der Waals surface area (Å²) in [6.07, 6.45) is 0. The van der Waals surface area contributed by atoms with E-state index in [9.17, 15) is 19.2 Å². The largest absolute Gasteiger partial charge is 0.497 e. The Balaban J connectivity index is 1.27. The SMILES string of the molecule is COc1cccc(CNC(=O)COC(=O)c2ccc(CN3C(=O)c4ccccc4C3=O)cc2)c1. The van der Waals surface area contributed by atoms with E-state index < -0.39 is 18.5 Å². The second-order valence-electron chi connectivity index (χ2n) is 7.64. The number of nitrogens with one attached hydrogen (secondary N) is 1. The van der Waals surface area contributed by atoms with E-state index in [1.807, 2.05) is 12.1 Å². The van der Waals surface area contributed by atoms with Gasteiger partial charge >= 0.3 is 5.97 Å². The number of ether oxygens (including phenoxy) is 2. The maximum atomic E-state index is 12.5. The van der Waals surface area contributed by atoms with Crippen LogP contribution in [0, 0.1) is 0 Å². The molecule has 0 saturated heterocycles. The molecule has 0 fully saturated rings. The molecule has 0 bridgehead atoms. The highest BCUT2D eigenvalue weighted by molar-refractivity contribution is 6.21. The fourth-order valence-corrected chi connectivity index (χ4v) is 3.56. The van der Waals surface area contributed by atoms with Gasteiger partial charge in [-0.3, -0.25) is 19.3 Å². The Hall–Kier alpha value is -4.46. The van der Waals surface area contributed by atoms with Gasteiger partial charge in [0.15, 0.2) is 6.61 Å². The minimum atomic E-state index is -0.649. The van der Waals surface area contributed by atoms with E-state index in [2.05, 4.69) is 5.32 Å². The standard InChI is InChI=1S/C26H22N2O6/c1-33-20-6-4-5-18(13-20)14-27-23(29)16-34-26(32)19-11-9-17(10-12-19)15-28-24(30)21-7-2-3-8-22(21)25(28)31/h2-13H,14-16H2,1H3,(H,27,29). The molecule has 172 valence electrons. The van der Waals surface area contributed by atoms with E-state index in [1.165, 1.54) is 17.0 Å². The Morgan fingerprint density at radius 3 is 2.18 bits per heavy atom. The fourth-order valence-electron chi connectivity index (χ4n) is 3.56. The van der Waals surface area contributed by atoms with Crippen molar-refractivity contribution in [2.75, 3.05) is 13.7 Å². The van der Waals surface area contributed by atoms with E-state index in [4.69, 9.17) is 9.47 Å². The van der Waals surface area contributed by atoms with Crippen molar-refractivity contribution in [1.82, 2.24) is 10.2 Å². The molecule has 8 nitrogen and oxygen atoms in total. The first-order valence-electron chi connectivity index (χ1n) is 10.6. The molecular formula is C26H22N2O6. The summed E-state index contributed by atoms with van der Waals surface area (Å²) in [5.41, 5.74) is 2.57. The highest BCUT2D eigenvalue weighted by Gasteiger charge is 2.34. The van der Waals surface area contributed by atoms with Crippen LogP contribution in [0.25, 0.3) is 0 Å². The van der Waals surface area contributed by atoms with Crippen LogP contribution in [0.4, 0.5) is 0 Å². The van der Waals surface area contributed by atoms with Gasteiger partial charge in [-0.2, -0.15) is 0 Å². The lowest BCUT2D eigenvalue weighted by Crippen LogP contribution is -2.29. The van der Waals surface area contributed by atoms with E-state index in [0.29, 0.717) is 22.4 Å². The molecule has 0 radical (unpaired) electrons. The number of fused-ring (bicyclic) bond motifs is 1. The maximum Gasteiger partial charge on any atom is 0.338 e. The zero-order valence-corrected chi connectivity index (χ0v) is 18.4. The quantitative estimate of drug-likeness (QED) is 0.411. The van der Waals surface area contributed by atoms with Crippen molar-refractivity contribution < 1.29 is 28.7 Å². The van der Waals surface area contributed by atoms with E-state index in [-0.39, 0.29) is 30.5 Å². The van der Waals surface area contributed by atoms with Crippen molar-refractivity contribution in [1.29, 1.82) is 0 Å². The number of nitrogens with zero attached hydrogens (tertiary/aromatic N) is 1. The predicted octanol–water partition coefficient (Wildman–Crippen LogP) is 2.96. The molecule has 3 amide bonds. The molecule has 3 aromatic carbocycles. The number of amides is 3. The van der Waals surface area contributed by atoms with Gasteiger partial charge in [0, 0.05) is 6.54 Å². The highest BCUT2D eigenvalue weighted by Crippen LogP contribution is 2.24. The molecule has 1 aliphatic heterocycles. The number of imide groups is 1. The topological polar surface area (TPSA) is 102 Å². The van der Waals surface area contributed by atoms with Crippen LogP contribution >= 0.6 is 0 Å². The van der Waals surface area contributed by atoms with Gasteiger partial charge in [-0.05, 0) is 47.5 Å². The summed E-state index contributed by atoms with van der Waals surface area (Å²) in [6, 6.07) is 20.3. The van der Waals surface area contributed by atoms with Crippen LogP contribution in [0.5, 0.6) is 5.75 Å². The second-order valence-corrected chi connectivity index (χ2v) is 7.64. The molecule has 0 saturated carbocycles. The predicted molar refractivity (Wildman–Crippen MR) is 122 cm³/mol. The first-order valence-corrected chi connectivity index (χ1v) is 10.6. The van der Waals surface area contributed by atoms with Gasteiger partial charge in [0.25, 0.3) is 17.7 Å². The smallest absolute Gasteiger partial charge is 0.338 e. The van der Waals surface area contributed by atoms with Gasteiger partial charge in [0.2, 0.25) is 0 Å². The lowest BCUT2D eigenvalue weighted by molar-refractivity contribution is -0.124. The first kappa shape index (κ1) is 22.7. The van der Waals surface area contributed by atoms with Crippen molar-refractivity contribution in [3.05, 3.63) is 101 Å². The molecule has 0 aliphatic carbocycles. The minimum Gasteiger partial charge on any atom is -0.497 e. The van der Waals surface area contributed by atoms with Gasteiger partial charge in [0.05, 0.1) is 30.3 Å². The van der Waals surface area contributed by atoms with Crippen LogP contribution in [0.3, 0.4) is 0 Å². The van der Waals surface area contributed by atoms with Gasteiger partial charge < -0.3 is 14.8 Å². The third-order valence-corrected chi connectivity index (χ3v) is 5.37. The number of carbonyl (C=O) groups excluding carboxylic acids is 4. The molecule has 0 unspecified atom stereocenters. The van der Waals surface area contributed by atoms with Crippen molar-refractivity contribution in [3.63, 3.8) is 0 Å². The van der Waals surface area contributed by atoms with E-state index >= 15 is 0 Å². The first-order chi connectivity index (χ1) is 16.5. The lowest BCUT2D eigenvalue weighted by atomic mass is 10.1. The molecule has 3 aromatic rings. The molecule has 1 N–H and O–H groups in total. The molecule has 0 atom stereocenters. The van der Waals surface area contributed by atoms with Crippen molar-refractivity contribution in [2.24, 2.45) is 0 Å². The number of esters is 1. The molecular weight excluding hydrogens is 436 g/mol. The lowest BCUT2D eigenvalue weighted by Gasteiger charge is -2.14. The Bertz CT molecular complexity index is 1220. The Labute approximate surface area is 196 Å². The van der Waals surface area contributed by atoms with Gasteiger partial charge in [-0.25, -0.2) is 4.79 Å². The number of benzene rings is 3. The summed E-state index contributed by atoms with van der Waals surface area (Å²) in [4.78, 5) is 50.5. The minimum absolute atomic E-state index is 0.0916. The van der Waals surface area contributed by atoms with Crippen molar-refractivity contribution >= 4 is 23.7 Å². The zero-order chi connectivity index (χ0) is 24.1. The summed E-state index contributed by atoms with van der Waals surface area (Å²) >= 11 is 0. The Kier molecular flexibility index (Phi) is 6.68. The zero-order valence-electron chi connectivity index (χ0n) is 18.4. The van der Waals surface area contributed by atoms with E-state index in [1.54, 1.807) is 55.6 Å². The number of hydrogen-bond acceptors (Lipinski definition) is 6. The molecule has 34 heavy (non-hydrogen) atoms. The highest BCUT2D eigenvalue weighted by atomic mass is 16.5. The molecule has 4 rings (SSSR count). The van der Waals surface area contributed by atoms with Crippen molar-refractivity contribution in [2.45, 2.75) is 13.1 Å². The van der Waals surface area contributed by atoms with Gasteiger partial charge in [0.1, 0.15) is 5.75 Å². The Morgan fingerprint density at radius 2 is 1.53 bits per heavy atom. The molecule has 0 spiro atoms. The average molecular weight is 458 g/mol. The average Bonchev–Trinajstić information content (AvgIpc) is 3.11. The van der Waals surface area contributed by atoms with Gasteiger partial charge in [-0.1, -0.05) is 36.4 Å². The molecule has 0 aromatic heterocycles. The monoisotopic (exact) mass is 458 g/mol. The number of rotatable bonds is 8. The van der Waals surface area contributed by atoms with Crippen LogP contribution in [-0.2, 0) is 22.6 Å². The van der Waals surface area contributed by atoms with Crippen molar-refractivity contribution in [3.8, 4) is 5.75 Å². The normalized spacial score (nSPS) is 12.3. The summed E-state index contributed by atoms with van der Waals surface area (Å²) in [7, 11) is 1.56. The summed E-state index contributed by atoms with van der Waals surface area (Å²) in [6.45, 7) is -0.0476. The second kappa shape index (κ2) is 9.99. The summed E-state index contributed by atoms with van der Waals surface area (Å²) in [5, 5.41) is 2.68. The van der Waals surface area contributed by atoms with E-state index in [0.717, 1.165) is 5.56 Å². The summed E-state index contributed by atoms with van der Waals surface area (Å²) < 4.78 is 10.2. The molecule has 1 aliphatic rings. The van der Waals surface area contributed by atoms with Crippen LogP contribution in [0.1, 0.15) is 42.2 Å². The number of methoxy groups -OCH3 is 1. The molecule has 8 heteroatoms. The summed E-state index contributed by atoms with van der Waals surface area (Å²) in [5.74, 6) is -1.08. The van der Waals surface area contributed by atoms with Crippen LogP contribution in [0.15, 0.2) is 72.8 Å². The van der Waals surface area contributed by atoms with Crippen LogP contribution in [0.2, 0.25) is 0 Å². The fraction of sp³-hybridized carbons (Fsp3) is 0.154. The third-order valence-electron chi connectivity index (χ3n) is 5.37. The van der Waals surface area contributed by atoms with Crippen LogP contribution in [-0.4, -0.2) is 42.3 Å². The number of hydrogen-bond donors (Lipinski definition) is 1. The maximum absolute atomic E-state index is 12.5. The third kappa shape index (κ3) is 4.96. The Morgan fingerprint density at radius 1 is 0.853 bits per heavy atom. The van der Waals surface area contributed by atoms with Gasteiger partial charge in [-0.15, -0.1) is 0 Å². The van der Waals surface area contributed by atoms with Crippen LogP contribution < -0.4 is 10.1 Å². The molecule has 1 heterocycles. The number of carbonyl (C=O) groups is 4.